The number of aromatic nitrogens is 1. The number of aliphatic imine (C=N–C) groups is 1. The molecule has 1 unspecified atom stereocenters. The highest BCUT2D eigenvalue weighted by Crippen LogP contribution is 2.30. The smallest absolute Gasteiger partial charge is 0.254 e. The van der Waals surface area contributed by atoms with Crippen molar-refractivity contribution in [2.24, 2.45) is 4.99 Å². The second kappa shape index (κ2) is 5.82. The van der Waals surface area contributed by atoms with Gasteiger partial charge < -0.3 is 14.8 Å². The predicted molar refractivity (Wildman–Crippen MR) is 97.9 cm³/mol. The monoisotopic (exact) mass is 324 g/mol. The average molecular weight is 324 g/mol. The summed E-state index contributed by atoms with van der Waals surface area (Å²) in [6.45, 7) is 8.48. The van der Waals surface area contributed by atoms with Crippen molar-refractivity contribution >= 4 is 17.9 Å². The van der Waals surface area contributed by atoms with Gasteiger partial charge in [0.05, 0.1) is 0 Å². The number of anilines is 1. The molecule has 1 N–H and O–H groups in total. The van der Waals surface area contributed by atoms with Gasteiger partial charge in [-0.3, -0.25) is 4.79 Å². The van der Waals surface area contributed by atoms with Gasteiger partial charge in [-0.15, -0.1) is 0 Å². The molecule has 0 spiro atoms. The van der Waals surface area contributed by atoms with Crippen LogP contribution in [0.5, 0.6) is 0 Å². The molecule has 3 rings (SSSR count). The summed E-state index contributed by atoms with van der Waals surface area (Å²) in [5.74, 6) is 0.938. The molecule has 2 aromatic rings. The van der Waals surface area contributed by atoms with E-state index in [1.807, 2.05) is 49.4 Å². The Kier molecular flexibility index (Phi) is 3.95. The molecule has 0 bridgehead atoms. The van der Waals surface area contributed by atoms with Crippen LogP contribution in [-0.4, -0.2) is 30.0 Å². The molecular formula is C19H24N4O. The number of fused-ring (bicyclic) bond motifs is 1. The summed E-state index contributed by atoms with van der Waals surface area (Å²) in [5.41, 5.74) is 2.79. The van der Waals surface area contributed by atoms with Gasteiger partial charge in [-0.05, 0) is 45.9 Å². The minimum Gasteiger partial charge on any atom is -0.329 e. The Morgan fingerprint density at radius 2 is 1.83 bits per heavy atom. The lowest BCUT2D eigenvalue weighted by atomic mass is 10.1. The van der Waals surface area contributed by atoms with E-state index in [-0.39, 0.29) is 11.4 Å². The quantitative estimate of drug-likeness (QED) is 0.922. The highest BCUT2D eigenvalue weighted by molar-refractivity contribution is 5.95. The number of amides is 1. The lowest BCUT2D eigenvalue weighted by molar-refractivity contribution is 0.0938. The van der Waals surface area contributed by atoms with Crippen LogP contribution >= 0.6 is 0 Å². The molecule has 0 fully saturated rings. The number of benzene rings is 1. The van der Waals surface area contributed by atoms with Crippen molar-refractivity contribution in [3.63, 3.8) is 0 Å². The van der Waals surface area contributed by atoms with E-state index in [4.69, 9.17) is 0 Å². The molecule has 126 valence electrons. The second-order valence-electron chi connectivity index (χ2n) is 7.24. The van der Waals surface area contributed by atoms with E-state index < -0.39 is 6.29 Å². The number of nitrogens with zero attached hydrogens (tertiary/aromatic N) is 3. The average Bonchev–Trinajstić information content (AvgIpc) is 2.95. The molecule has 0 saturated heterocycles. The van der Waals surface area contributed by atoms with E-state index in [0.717, 1.165) is 16.9 Å². The molecular weight excluding hydrogens is 300 g/mol. The van der Waals surface area contributed by atoms with Gasteiger partial charge in [0.15, 0.2) is 6.29 Å². The zero-order chi connectivity index (χ0) is 17.5. The third-order valence-corrected chi connectivity index (χ3v) is 4.24. The summed E-state index contributed by atoms with van der Waals surface area (Å²) in [5, 5.41) is 2.99. The maximum Gasteiger partial charge on any atom is 0.254 e. The summed E-state index contributed by atoms with van der Waals surface area (Å²) in [6.07, 6.45) is 3.48. The Morgan fingerprint density at radius 3 is 2.46 bits per heavy atom. The Hall–Kier alpha value is -2.56. The fourth-order valence-corrected chi connectivity index (χ4v) is 2.86. The maximum atomic E-state index is 12.5. The topological polar surface area (TPSA) is 49.6 Å². The summed E-state index contributed by atoms with van der Waals surface area (Å²) in [6, 6.07) is 9.59. The van der Waals surface area contributed by atoms with E-state index in [9.17, 15) is 4.79 Å². The summed E-state index contributed by atoms with van der Waals surface area (Å²) < 4.78 is 2.21. The molecule has 0 aliphatic carbocycles. The highest BCUT2D eigenvalue weighted by atomic mass is 16.2. The fraction of sp³-hybridized carbons (Fsp3) is 0.368. The van der Waals surface area contributed by atoms with Crippen molar-refractivity contribution < 1.29 is 4.79 Å². The molecule has 0 saturated carbocycles. The van der Waals surface area contributed by atoms with Gasteiger partial charge in [0.25, 0.3) is 5.91 Å². The van der Waals surface area contributed by atoms with Crippen molar-refractivity contribution in [3.05, 3.63) is 53.2 Å². The zero-order valence-electron chi connectivity index (χ0n) is 14.9. The zero-order valence-corrected chi connectivity index (χ0v) is 14.9. The third-order valence-electron chi connectivity index (χ3n) is 4.24. The first-order valence-electron chi connectivity index (χ1n) is 8.13. The molecule has 1 aromatic heterocycles. The Bertz CT molecular complexity index is 781. The second-order valence-corrected chi connectivity index (χ2v) is 7.24. The first-order chi connectivity index (χ1) is 11.3. The van der Waals surface area contributed by atoms with Gasteiger partial charge >= 0.3 is 0 Å². The number of rotatable bonds is 2. The lowest BCUT2D eigenvalue weighted by Crippen LogP contribution is -2.48. The van der Waals surface area contributed by atoms with Crippen molar-refractivity contribution in [1.82, 2.24) is 9.88 Å². The summed E-state index contributed by atoms with van der Waals surface area (Å²) in [7, 11) is 1.96. The number of hydrogen-bond acceptors (Lipinski definition) is 3. The van der Waals surface area contributed by atoms with Gasteiger partial charge in [-0.25, -0.2) is 4.99 Å². The van der Waals surface area contributed by atoms with Crippen molar-refractivity contribution in [2.75, 3.05) is 11.9 Å². The Labute approximate surface area is 143 Å². The molecule has 1 aliphatic rings. The molecule has 5 heteroatoms. The Balaban J connectivity index is 1.83. The molecule has 1 atom stereocenters. The SMILES string of the molecule is Cc1ccc(C(=O)NC2N=Cc3ccn(C(C)(C)C)c3N2C)cc1. The molecule has 1 aliphatic heterocycles. The first kappa shape index (κ1) is 16.3. The molecule has 1 amide bonds. The van der Waals surface area contributed by atoms with E-state index in [2.05, 4.69) is 47.9 Å². The molecule has 2 heterocycles. The van der Waals surface area contributed by atoms with E-state index in [1.54, 1.807) is 0 Å². The largest absolute Gasteiger partial charge is 0.329 e. The first-order valence-corrected chi connectivity index (χ1v) is 8.13. The summed E-state index contributed by atoms with van der Waals surface area (Å²) >= 11 is 0. The van der Waals surface area contributed by atoms with Gasteiger partial charge in [0, 0.05) is 36.1 Å². The van der Waals surface area contributed by atoms with Gasteiger partial charge in [0.1, 0.15) is 5.82 Å². The highest BCUT2D eigenvalue weighted by Gasteiger charge is 2.28. The van der Waals surface area contributed by atoms with E-state index in [1.165, 1.54) is 0 Å². The van der Waals surface area contributed by atoms with Gasteiger partial charge in [0.2, 0.25) is 0 Å². The Morgan fingerprint density at radius 1 is 1.17 bits per heavy atom. The molecule has 1 aromatic carbocycles. The number of hydrogen-bond donors (Lipinski definition) is 1. The van der Waals surface area contributed by atoms with Crippen LogP contribution in [0.15, 0.2) is 41.5 Å². The van der Waals surface area contributed by atoms with Crippen LogP contribution in [-0.2, 0) is 5.54 Å². The van der Waals surface area contributed by atoms with Crippen LogP contribution in [0.25, 0.3) is 0 Å². The molecule has 24 heavy (non-hydrogen) atoms. The van der Waals surface area contributed by atoms with Crippen LogP contribution in [0.1, 0.15) is 42.3 Å². The lowest BCUT2D eigenvalue weighted by Gasteiger charge is -2.35. The van der Waals surface area contributed by atoms with Crippen molar-refractivity contribution in [2.45, 2.75) is 39.5 Å². The van der Waals surface area contributed by atoms with Crippen LogP contribution in [0.4, 0.5) is 5.82 Å². The summed E-state index contributed by atoms with van der Waals surface area (Å²) in [4.78, 5) is 19.0. The van der Waals surface area contributed by atoms with E-state index >= 15 is 0 Å². The molecule has 0 radical (unpaired) electrons. The van der Waals surface area contributed by atoms with Crippen molar-refractivity contribution in [3.8, 4) is 0 Å². The van der Waals surface area contributed by atoms with Crippen LogP contribution < -0.4 is 10.2 Å². The van der Waals surface area contributed by atoms with E-state index in [0.29, 0.717) is 5.56 Å². The third kappa shape index (κ3) is 2.94. The van der Waals surface area contributed by atoms with Gasteiger partial charge in [-0.1, -0.05) is 17.7 Å². The van der Waals surface area contributed by atoms with Crippen molar-refractivity contribution in [1.29, 1.82) is 0 Å². The number of carbonyl (C=O) groups excluding carboxylic acids is 1. The maximum absolute atomic E-state index is 12.5. The minimum atomic E-state index is -0.415. The number of nitrogens with one attached hydrogen (secondary N) is 1. The van der Waals surface area contributed by atoms with Crippen LogP contribution in [0.3, 0.4) is 0 Å². The van der Waals surface area contributed by atoms with Crippen LogP contribution in [0, 0.1) is 6.92 Å². The molecule has 5 nitrogen and oxygen atoms in total. The fourth-order valence-electron chi connectivity index (χ4n) is 2.86. The number of aryl methyl sites for hydroxylation is 1. The van der Waals surface area contributed by atoms with Crippen LogP contribution in [0.2, 0.25) is 0 Å². The predicted octanol–water partition coefficient (Wildman–Crippen LogP) is 3.13. The minimum absolute atomic E-state index is 0.0431. The normalized spacial score (nSPS) is 16.9. The standard InChI is InChI=1S/C19H24N4O/c1-13-6-8-14(9-7-13)16(24)21-18-20-12-15-10-11-23(19(2,3)4)17(15)22(18)5/h6-12,18H,1-5H3,(H,21,24). The van der Waals surface area contributed by atoms with Gasteiger partial charge in [-0.2, -0.15) is 0 Å². The number of carbonyl (C=O) groups is 1.